The van der Waals surface area contributed by atoms with Crippen LogP contribution in [0.2, 0.25) is 0 Å². The van der Waals surface area contributed by atoms with Gasteiger partial charge in [0.05, 0.1) is 12.3 Å². The highest BCUT2D eigenvalue weighted by Gasteiger charge is 2.30. The summed E-state index contributed by atoms with van der Waals surface area (Å²) in [4.78, 5) is 34.9. The second-order valence-corrected chi connectivity index (χ2v) is 5.49. The van der Waals surface area contributed by atoms with Crippen molar-refractivity contribution in [3.8, 4) is 11.4 Å². The Morgan fingerprint density at radius 3 is 2.69 bits per heavy atom. The number of aromatic nitrogens is 2. The molecule has 3 rings (SSSR count). The molecule has 2 N–H and O–H groups in total. The molecule has 2 heterocycles. The van der Waals surface area contributed by atoms with Gasteiger partial charge in [-0.1, -0.05) is 0 Å². The number of hydrogen-bond donors (Lipinski definition) is 2. The first kappa shape index (κ1) is 17.5. The highest BCUT2D eigenvalue weighted by molar-refractivity contribution is 5.99. The van der Waals surface area contributed by atoms with E-state index in [0.29, 0.717) is 30.0 Å². The van der Waals surface area contributed by atoms with Crippen LogP contribution in [0.4, 0.5) is 0 Å². The van der Waals surface area contributed by atoms with Crippen molar-refractivity contribution in [2.75, 3.05) is 19.8 Å². The van der Waals surface area contributed by atoms with E-state index in [1.165, 1.54) is 4.68 Å². The van der Waals surface area contributed by atoms with E-state index in [1.54, 1.807) is 31.2 Å². The molecule has 0 saturated heterocycles. The summed E-state index contributed by atoms with van der Waals surface area (Å²) < 4.78 is 11.4. The lowest BCUT2D eigenvalue weighted by molar-refractivity contribution is -0.145. The third-order valence-corrected chi connectivity index (χ3v) is 3.81. The van der Waals surface area contributed by atoms with Gasteiger partial charge >= 0.3 is 11.9 Å². The summed E-state index contributed by atoms with van der Waals surface area (Å²) in [5, 5.41) is 16.1. The Kier molecular flexibility index (Phi) is 4.87. The smallest absolute Gasteiger partial charge is 0.356 e. The van der Waals surface area contributed by atoms with Crippen molar-refractivity contribution in [3.63, 3.8) is 0 Å². The first-order valence-electron chi connectivity index (χ1n) is 8.03. The van der Waals surface area contributed by atoms with Crippen molar-refractivity contribution in [1.82, 2.24) is 15.1 Å². The molecule has 9 nitrogen and oxygen atoms in total. The summed E-state index contributed by atoms with van der Waals surface area (Å²) in [5.74, 6) is -1.58. The number of hydrogen-bond acceptors (Lipinski definition) is 6. The van der Waals surface area contributed by atoms with Gasteiger partial charge < -0.3 is 19.9 Å². The maximum absolute atomic E-state index is 12.2. The average molecular weight is 359 g/mol. The van der Waals surface area contributed by atoms with Gasteiger partial charge in [-0.15, -0.1) is 0 Å². The van der Waals surface area contributed by atoms with Gasteiger partial charge in [0.2, 0.25) is 0 Å². The molecule has 0 aliphatic carbocycles. The molecule has 136 valence electrons. The van der Waals surface area contributed by atoms with Gasteiger partial charge in [-0.3, -0.25) is 4.79 Å². The summed E-state index contributed by atoms with van der Waals surface area (Å²) in [6.45, 7) is 2.15. The maximum Gasteiger partial charge on any atom is 0.356 e. The molecule has 1 aromatic carbocycles. The Hall–Kier alpha value is -3.36. The van der Waals surface area contributed by atoms with Crippen molar-refractivity contribution in [3.05, 3.63) is 41.2 Å². The molecule has 1 aliphatic heterocycles. The third-order valence-electron chi connectivity index (χ3n) is 3.81. The molecule has 1 aromatic heterocycles. The number of nitrogens with zero attached hydrogens (tertiary/aromatic N) is 2. The number of nitrogens with one attached hydrogen (secondary N) is 1. The lowest BCUT2D eigenvalue weighted by Gasteiger charge is -2.15. The SMILES string of the molecule is CCOC(=O)COc1ccc(-n2nc(C(=O)O)c3c2C(=O)NCC3)cc1. The van der Waals surface area contributed by atoms with Gasteiger partial charge in [0.15, 0.2) is 12.3 Å². The molecule has 0 atom stereocenters. The van der Waals surface area contributed by atoms with Crippen molar-refractivity contribution < 1.29 is 29.0 Å². The molecule has 0 spiro atoms. The third kappa shape index (κ3) is 3.37. The van der Waals surface area contributed by atoms with Crippen molar-refractivity contribution >= 4 is 17.8 Å². The van der Waals surface area contributed by atoms with Gasteiger partial charge in [0.1, 0.15) is 11.4 Å². The number of amides is 1. The van der Waals surface area contributed by atoms with Crippen LogP contribution in [0.25, 0.3) is 5.69 Å². The number of rotatable bonds is 6. The van der Waals surface area contributed by atoms with E-state index in [0.717, 1.165) is 0 Å². The Labute approximate surface area is 148 Å². The van der Waals surface area contributed by atoms with Crippen LogP contribution in [0.5, 0.6) is 5.75 Å². The normalized spacial score (nSPS) is 12.9. The Morgan fingerprint density at radius 1 is 1.31 bits per heavy atom. The van der Waals surface area contributed by atoms with Crippen LogP contribution in [0.1, 0.15) is 33.5 Å². The zero-order valence-electron chi connectivity index (χ0n) is 14.0. The monoisotopic (exact) mass is 359 g/mol. The second-order valence-electron chi connectivity index (χ2n) is 5.49. The highest BCUT2D eigenvalue weighted by atomic mass is 16.6. The molecule has 1 amide bonds. The lowest BCUT2D eigenvalue weighted by Crippen LogP contribution is -2.33. The topological polar surface area (TPSA) is 120 Å². The Balaban J connectivity index is 1.87. The zero-order valence-corrected chi connectivity index (χ0v) is 14.0. The number of fused-ring (bicyclic) bond motifs is 1. The van der Waals surface area contributed by atoms with E-state index >= 15 is 0 Å². The molecule has 2 aromatic rings. The molecular weight excluding hydrogens is 342 g/mol. The van der Waals surface area contributed by atoms with Gasteiger partial charge in [-0.05, 0) is 37.6 Å². The summed E-state index contributed by atoms with van der Waals surface area (Å²) in [6, 6.07) is 6.45. The Bertz CT molecular complexity index is 856. The van der Waals surface area contributed by atoms with E-state index in [4.69, 9.17) is 9.47 Å². The average Bonchev–Trinajstić information content (AvgIpc) is 3.02. The lowest BCUT2D eigenvalue weighted by atomic mass is 10.1. The summed E-state index contributed by atoms with van der Waals surface area (Å²) in [6.07, 6.45) is 0.406. The number of carbonyl (C=O) groups is 3. The van der Waals surface area contributed by atoms with Crippen molar-refractivity contribution in [2.24, 2.45) is 0 Å². The van der Waals surface area contributed by atoms with Crippen molar-refractivity contribution in [2.45, 2.75) is 13.3 Å². The molecule has 0 saturated carbocycles. The van der Waals surface area contributed by atoms with E-state index < -0.39 is 11.9 Å². The van der Waals surface area contributed by atoms with E-state index in [2.05, 4.69) is 10.4 Å². The fraction of sp³-hybridized carbons (Fsp3) is 0.294. The molecule has 0 radical (unpaired) electrons. The minimum atomic E-state index is -1.18. The highest BCUT2D eigenvalue weighted by Crippen LogP contribution is 2.23. The molecule has 0 fully saturated rings. The second kappa shape index (κ2) is 7.26. The quantitative estimate of drug-likeness (QED) is 0.732. The fourth-order valence-electron chi connectivity index (χ4n) is 2.69. The largest absolute Gasteiger partial charge is 0.482 e. The van der Waals surface area contributed by atoms with Crippen LogP contribution in [0.15, 0.2) is 24.3 Å². The minimum absolute atomic E-state index is 0.127. The summed E-state index contributed by atoms with van der Waals surface area (Å²) in [7, 11) is 0. The van der Waals surface area contributed by atoms with Crippen LogP contribution < -0.4 is 10.1 Å². The van der Waals surface area contributed by atoms with Gasteiger partial charge in [0, 0.05) is 12.1 Å². The fourth-order valence-corrected chi connectivity index (χ4v) is 2.69. The summed E-state index contributed by atoms with van der Waals surface area (Å²) >= 11 is 0. The van der Waals surface area contributed by atoms with Gasteiger partial charge in [0.25, 0.3) is 5.91 Å². The van der Waals surface area contributed by atoms with Crippen LogP contribution in [-0.4, -0.2) is 52.5 Å². The standard InChI is InChI=1S/C17H17N3O6/c1-2-25-13(21)9-26-11-5-3-10(4-6-11)20-15-12(7-8-18-16(15)22)14(19-20)17(23)24/h3-6H,2,7-9H2,1H3,(H,18,22)(H,23,24). The minimum Gasteiger partial charge on any atom is -0.482 e. The maximum atomic E-state index is 12.2. The number of ether oxygens (including phenoxy) is 2. The van der Waals surface area contributed by atoms with E-state index in [1.807, 2.05) is 0 Å². The number of carboxylic acids is 1. The molecule has 26 heavy (non-hydrogen) atoms. The molecule has 0 bridgehead atoms. The first-order valence-corrected chi connectivity index (χ1v) is 8.03. The van der Waals surface area contributed by atoms with Crippen molar-refractivity contribution in [1.29, 1.82) is 0 Å². The van der Waals surface area contributed by atoms with E-state index in [-0.39, 0.29) is 30.5 Å². The van der Waals surface area contributed by atoms with Crippen LogP contribution in [0.3, 0.4) is 0 Å². The van der Waals surface area contributed by atoms with Crippen LogP contribution in [0, 0.1) is 0 Å². The van der Waals surface area contributed by atoms with Crippen LogP contribution >= 0.6 is 0 Å². The Morgan fingerprint density at radius 2 is 2.04 bits per heavy atom. The molecule has 0 unspecified atom stereocenters. The number of carboxylic acid groups (broad SMARTS) is 1. The zero-order chi connectivity index (χ0) is 18.7. The summed E-state index contributed by atoms with van der Waals surface area (Å²) in [5.41, 5.74) is 1.02. The first-order chi connectivity index (χ1) is 12.5. The molecule has 1 aliphatic rings. The van der Waals surface area contributed by atoms with Gasteiger partial charge in [-0.2, -0.15) is 5.10 Å². The van der Waals surface area contributed by atoms with Crippen LogP contribution in [-0.2, 0) is 16.0 Å². The number of benzene rings is 1. The predicted octanol–water partition coefficient (Wildman–Crippen LogP) is 0.798. The predicted molar refractivity (Wildman–Crippen MR) is 88.7 cm³/mol. The molecular formula is C17H17N3O6. The number of esters is 1. The number of carbonyl (C=O) groups excluding carboxylic acids is 2. The van der Waals surface area contributed by atoms with E-state index in [9.17, 15) is 19.5 Å². The molecule has 9 heteroatoms. The number of aromatic carboxylic acids is 1. The van der Waals surface area contributed by atoms with Gasteiger partial charge in [-0.25, -0.2) is 14.3 Å².